The standard InChI is InChI=1S/C72H126O6/c1-4-7-10-13-16-19-21-23-25-27-29-31-33-35-36-38-39-41-43-45-47-49-51-53-56-59-62-65-71(74)77-68-69(67-76-70(73)64-61-58-55-18-15-12-9-6-3)78-72(75)66-63-60-57-54-52-50-48-46-44-42-40-37-34-32-30-28-26-24-22-20-17-14-11-8-5-2/h8,11,17,20-21,23-24,26-27,29-30,32-33,35,69H,4-7,9-10,12-16,18-19,22,25,28,31,34,36-68H2,1-3H3/b11-8-,20-17-,23-21-,26-24-,29-27-,32-30-,35-33-. The zero-order chi connectivity index (χ0) is 56.4. The van der Waals surface area contributed by atoms with Gasteiger partial charge in [0.1, 0.15) is 13.2 Å². The number of allylic oxidation sites excluding steroid dienone is 14. The molecule has 0 amide bonds. The van der Waals surface area contributed by atoms with Crippen molar-refractivity contribution in [1.29, 1.82) is 0 Å². The zero-order valence-electron chi connectivity index (χ0n) is 51.7. The van der Waals surface area contributed by atoms with Crippen LogP contribution >= 0.6 is 0 Å². The molecule has 0 spiro atoms. The smallest absolute Gasteiger partial charge is 0.306 e. The van der Waals surface area contributed by atoms with Crippen molar-refractivity contribution >= 4 is 17.9 Å². The van der Waals surface area contributed by atoms with E-state index in [-0.39, 0.29) is 31.1 Å². The van der Waals surface area contributed by atoms with E-state index in [0.29, 0.717) is 19.3 Å². The van der Waals surface area contributed by atoms with Crippen LogP contribution in [0.4, 0.5) is 0 Å². The Bertz CT molecular complexity index is 1480. The molecular weight excluding hydrogens is 961 g/mol. The van der Waals surface area contributed by atoms with Crippen molar-refractivity contribution in [3.63, 3.8) is 0 Å². The van der Waals surface area contributed by atoms with E-state index in [2.05, 4.69) is 106 Å². The molecule has 1 atom stereocenters. The van der Waals surface area contributed by atoms with E-state index in [0.717, 1.165) is 96.3 Å². The van der Waals surface area contributed by atoms with Crippen LogP contribution in [0.5, 0.6) is 0 Å². The fourth-order valence-corrected chi connectivity index (χ4v) is 9.62. The first-order valence-corrected chi connectivity index (χ1v) is 33.6. The summed E-state index contributed by atoms with van der Waals surface area (Å²) in [6.07, 6.45) is 87.6. The molecule has 78 heavy (non-hydrogen) atoms. The molecule has 0 aromatic carbocycles. The van der Waals surface area contributed by atoms with Crippen LogP contribution in [0, 0.1) is 0 Å². The number of esters is 3. The second kappa shape index (κ2) is 66.1. The third-order valence-electron chi connectivity index (χ3n) is 14.6. The van der Waals surface area contributed by atoms with Crippen molar-refractivity contribution in [2.75, 3.05) is 13.2 Å². The quantitative estimate of drug-likeness (QED) is 0.0261. The molecule has 0 aliphatic carbocycles. The maximum atomic E-state index is 12.9. The molecule has 0 saturated heterocycles. The SMILES string of the molecule is CC/C=C\C/C=C\C/C=C\C/C=C\CCCCCCCCCCCCCCC(=O)OC(COC(=O)CCCCCCCCCC)COC(=O)CCCCCCCCCCCCCC/C=C\C/C=C\C/C=C\CCCCCCC. The lowest BCUT2D eigenvalue weighted by molar-refractivity contribution is -0.167. The predicted molar refractivity (Wildman–Crippen MR) is 339 cm³/mol. The van der Waals surface area contributed by atoms with E-state index in [1.807, 2.05) is 0 Å². The minimum absolute atomic E-state index is 0.0746. The Balaban J connectivity index is 4.14. The second-order valence-corrected chi connectivity index (χ2v) is 22.4. The van der Waals surface area contributed by atoms with Crippen molar-refractivity contribution in [3.05, 3.63) is 85.1 Å². The van der Waals surface area contributed by atoms with Gasteiger partial charge in [-0.15, -0.1) is 0 Å². The highest BCUT2D eigenvalue weighted by atomic mass is 16.6. The van der Waals surface area contributed by atoms with Crippen LogP contribution in [0.3, 0.4) is 0 Å². The lowest BCUT2D eigenvalue weighted by Gasteiger charge is -2.18. The number of carbonyl (C=O) groups is 3. The summed E-state index contributed by atoms with van der Waals surface area (Å²) in [6, 6.07) is 0. The maximum absolute atomic E-state index is 12.9. The van der Waals surface area contributed by atoms with Crippen molar-refractivity contribution in [3.8, 4) is 0 Å². The molecule has 0 aromatic heterocycles. The monoisotopic (exact) mass is 1090 g/mol. The van der Waals surface area contributed by atoms with Gasteiger partial charge < -0.3 is 14.2 Å². The highest BCUT2D eigenvalue weighted by molar-refractivity contribution is 5.71. The van der Waals surface area contributed by atoms with Crippen molar-refractivity contribution in [2.24, 2.45) is 0 Å². The average Bonchev–Trinajstić information content (AvgIpc) is 3.44. The van der Waals surface area contributed by atoms with Crippen LogP contribution in [-0.2, 0) is 28.6 Å². The van der Waals surface area contributed by atoms with Crippen molar-refractivity contribution in [1.82, 2.24) is 0 Å². The van der Waals surface area contributed by atoms with E-state index in [1.54, 1.807) is 0 Å². The molecule has 0 bridgehead atoms. The van der Waals surface area contributed by atoms with Gasteiger partial charge in [-0.2, -0.15) is 0 Å². The third-order valence-corrected chi connectivity index (χ3v) is 14.6. The number of unbranched alkanes of at least 4 members (excludes halogenated alkanes) is 36. The van der Waals surface area contributed by atoms with E-state index < -0.39 is 6.10 Å². The summed E-state index contributed by atoms with van der Waals surface area (Å²) in [7, 11) is 0. The Hall–Kier alpha value is -3.41. The summed E-state index contributed by atoms with van der Waals surface area (Å²) in [6.45, 7) is 6.52. The van der Waals surface area contributed by atoms with Gasteiger partial charge in [-0.1, -0.05) is 305 Å². The summed E-state index contributed by atoms with van der Waals surface area (Å²) < 4.78 is 16.9. The van der Waals surface area contributed by atoms with Crippen LogP contribution in [0.2, 0.25) is 0 Å². The van der Waals surface area contributed by atoms with Gasteiger partial charge in [0.15, 0.2) is 6.10 Å². The topological polar surface area (TPSA) is 78.9 Å². The molecule has 0 N–H and O–H groups in total. The van der Waals surface area contributed by atoms with Gasteiger partial charge in [-0.05, 0) is 96.3 Å². The molecule has 0 heterocycles. The first-order valence-electron chi connectivity index (χ1n) is 33.6. The first-order chi connectivity index (χ1) is 38.5. The number of rotatable bonds is 61. The highest BCUT2D eigenvalue weighted by Crippen LogP contribution is 2.17. The van der Waals surface area contributed by atoms with Crippen LogP contribution in [0.1, 0.15) is 335 Å². The molecule has 450 valence electrons. The summed E-state index contributed by atoms with van der Waals surface area (Å²) >= 11 is 0. The first kappa shape index (κ1) is 74.6. The van der Waals surface area contributed by atoms with Crippen molar-refractivity contribution in [2.45, 2.75) is 341 Å². The van der Waals surface area contributed by atoms with E-state index in [9.17, 15) is 14.4 Å². The normalized spacial score (nSPS) is 12.6. The summed E-state index contributed by atoms with van der Waals surface area (Å²) in [5, 5.41) is 0. The zero-order valence-corrected chi connectivity index (χ0v) is 51.7. The Morgan fingerprint density at radius 3 is 0.782 bits per heavy atom. The third kappa shape index (κ3) is 63.4. The largest absolute Gasteiger partial charge is 0.462 e. The summed E-state index contributed by atoms with van der Waals surface area (Å²) in [4.78, 5) is 38.2. The maximum Gasteiger partial charge on any atom is 0.306 e. The number of hydrogen-bond donors (Lipinski definition) is 0. The molecule has 0 saturated carbocycles. The molecule has 0 aliphatic rings. The minimum atomic E-state index is -0.776. The highest BCUT2D eigenvalue weighted by Gasteiger charge is 2.19. The fourth-order valence-electron chi connectivity index (χ4n) is 9.62. The molecule has 0 fully saturated rings. The van der Waals surface area contributed by atoms with Crippen LogP contribution in [-0.4, -0.2) is 37.2 Å². The van der Waals surface area contributed by atoms with Gasteiger partial charge in [0.2, 0.25) is 0 Å². The van der Waals surface area contributed by atoms with Gasteiger partial charge in [-0.25, -0.2) is 0 Å². The van der Waals surface area contributed by atoms with Gasteiger partial charge in [0, 0.05) is 19.3 Å². The number of hydrogen-bond acceptors (Lipinski definition) is 6. The molecule has 0 rings (SSSR count). The summed E-state index contributed by atoms with van der Waals surface area (Å²) in [5.41, 5.74) is 0. The molecule has 0 aliphatic heterocycles. The fraction of sp³-hybridized carbons (Fsp3) is 0.764. The van der Waals surface area contributed by atoms with Gasteiger partial charge in [-0.3, -0.25) is 14.4 Å². The molecule has 6 heteroatoms. The number of carbonyl (C=O) groups excluding carboxylic acids is 3. The molecular formula is C72H126O6. The van der Waals surface area contributed by atoms with Crippen LogP contribution < -0.4 is 0 Å². The second-order valence-electron chi connectivity index (χ2n) is 22.4. The van der Waals surface area contributed by atoms with Crippen molar-refractivity contribution < 1.29 is 28.6 Å². The van der Waals surface area contributed by atoms with E-state index >= 15 is 0 Å². The molecule has 1 unspecified atom stereocenters. The van der Waals surface area contributed by atoms with Gasteiger partial charge >= 0.3 is 17.9 Å². The van der Waals surface area contributed by atoms with Gasteiger partial charge in [0.05, 0.1) is 0 Å². The lowest BCUT2D eigenvalue weighted by Crippen LogP contribution is -2.30. The average molecular weight is 1090 g/mol. The molecule has 6 nitrogen and oxygen atoms in total. The molecule has 0 aromatic rings. The predicted octanol–water partition coefficient (Wildman–Crippen LogP) is 23.1. The van der Waals surface area contributed by atoms with E-state index in [1.165, 1.54) is 199 Å². The Morgan fingerprint density at radius 1 is 0.269 bits per heavy atom. The van der Waals surface area contributed by atoms with E-state index in [4.69, 9.17) is 14.2 Å². The molecule has 0 radical (unpaired) electrons. The Labute approximate surface area is 484 Å². The summed E-state index contributed by atoms with van der Waals surface area (Å²) in [5.74, 6) is -0.869. The Kier molecular flexibility index (Phi) is 63.2. The van der Waals surface area contributed by atoms with Gasteiger partial charge in [0.25, 0.3) is 0 Å². The number of ether oxygens (including phenoxy) is 3. The Morgan fingerprint density at radius 2 is 0.500 bits per heavy atom. The van der Waals surface area contributed by atoms with Crippen LogP contribution in [0.25, 0.3) is 0 Å². The minimum Gasteiger partial charge on any atom is -0.462 e. The lowest BCUT2D eigenvalue weighted by atomic mass is 10.0. The van der Waals surface area contributed by atoms with Crippen LogP contribution in [0.15, 0.2) is 85.1 Å².